The first-order chi connectivity index (χ1) is 5.27. The summed E-state index contributed by atoms with van der Waals surface area (Å²) in [4.78, 5) is 0. The van der Waals surface area contributed by atoms with Crippen molar-refractivity contribution < 1.29 is 4.39 Å². The van der Waals surface area contributed by atoms with Crippen LogP contribution in [-0.2, 0) is 0 Å². The summed E-state index contributed by atoms with van der Waals surface area (Å²) >= 11 is 0. The van der Waals surface area contributed by atoms with E-state index < -0.39 is 5.82 Å². The lowest BCUT2D eigenvalue weighted by Crippen LogP contribution is -1.84. The van der Waals surface area contributed by atoms with Gasteiger partial charge in [-0.3, -0.25) is 0 Å². The molecule has 52 valence electrons. The van der Waals surface area contributed by atoms with E-state index in [1.54, 1.807) is 6.07 Å². The van der Waals surface area contributed by atoms with E-state index in [1.165, 1.54) is 12.1 Å². The Bertz CT molecular complexity index is 350. The highest BCUT2D eigenvalue weighted by Gasteiger charge is 1.97. The summed E-state index contributed by atoms with van der Waals surface area (Å²) in [6.45, 7) is 0. The number of benzene rings is 1. The molecule has 0 amide bonds. The predicted octanol–water partition coefficient (Wildman–Crippen LogP) is 1.79. The van der Waals surface area contributed by atoms with Crippen molar-refractivity contribution in [3.8, 4) is 24.7 Å². The minimum absolute atomic E-state index is 0.240. The molecule has 0 N–H and O–H groups in total. The van der Waals surface area contributed by atoms with Gasteiger partial charge in [-0.25, -0.2) is 4.39 Å². The smallest absolute Gasteiger partial charge is 0.140 e. The third-order valence-electron chi connectivity index (χ3n) is 1.29. The molecule has 0 saturated carbocycles. The Labute approximate surface area is 65.1 Å². The molecule has 0 fully saturated rings. The van der Waals surface area contributed by atoms with Crippen molar-refractivity contribution in [1.29, 1.82) is 0 Å². The predicted molar refractivity (Wildman–Crippen MR) is 42.3 cm³/mol. The lowest BCUT2D eigenvalue weighted by molar-refractivity contribution is 0.624. The second-order valence-corrected chi connectivity index (χ2v) is 1.98. The minimum Gasteiger partial charge on any atom is -0.206 e. The Balaban J connectivity index is 3.25. The van der Waals surface area contributed by atoms with Crippen LogP contribution >= 0.6 is 0 Å². The average molecular weight is 144 g/mol. The SMILES string of the molecule is C#Cc1ccc(C#C)c(F)c1. The third kappa shape index (κ3) is 1.39. The van der Waals surface area contributed by atoms with Crippen LogP contribution < -0.4 is 0 Å². The molecule has 0 spiro atoms. The molecular weight excluding hydrogens is 139 g/mol. The fraction of sp³-hybridized carbons (Fsp3) is 0. The monoisotopic (exact) mass is 144 g/mol. The highest BCUT2D eigenvalue weighted by Crippen LogP contribution is 2.07. The van der Waals surface area contributed by atoms with Gasteiger partial charge in [0, 0.05) is 5.56 Å². The van der Waals surface area contributed by atoms with E-state index in [9.17, 15) is 4.39 Å². The van der Waals surface area contributed by atoms with Crippen LogP contribution in [0.2, 0.25) is 0 Å². The van der Waals surface area contributed by atoms with Gasteiger partial charge in [0.1, 0.15) is 5.82 Å². The molecular formula is C10H5F. The van der Waals surface area contributed by atoms with E-state index in [2.05, 4.69) is 11.8 Å². The largest absolute Gasteiger partial charge is 0.206 e. The van der Waals surface area contributed by atoms with Crippen molar-refractivity contribution in [2.24, 2.45) is 0 Å². The average Bonchev–Trinajstić information content (AvgIpc) is 2.04. The van der Waals surface area contributed by atoms with Gasteiger partial charge in [-0.2, -0.15) is 0 Å². The number of halogens is 1. The topological polar surface area (TPSA) is 0 Å². The fourth-order valence-electron chi connectivity index (χ4n) is 0.722. The molecule has 0 aliphatic heterocycles. The van der Waals surface area contributed by atoms with Crippen molar-refractivity contribution >= 4 is 0 Å². The Morgan fingerprint density at radius 2 is 1.91 bits per heavy atom. The Morgan fingerprint density at radius 1 is 1.18 bits per heavy atom. The molecule has 0 aromatic heterocycles. The summed E-state index contributed by atoms with van der Waals surface area (Å²) in [5, 5.41) is 0. The summed E-state index contributed by atoms with van der Waals surface area (Å²) in [5.41, 5.74) is 0.741. The van der Waals surface area contributed by atoms with Gasteiger partial charge < -0.3 is 0 Å². The summed E-state index contributed by atoms with van der Waals surface area (Å²) in [6.07, 6.45) is 10.0. The first kappa shape index (κ1) is 7.38. The standard InChI is InChI=1S/C10H5F/c1-3-8-5-6-9(4-2)10(11)7-8/h1-2,5-7H. The second kappa shape index (κ2) is 2.90. The Morgan fingerprint density at radius 3 is 2.36 bits per heavy atom. The first-order valence-electron chi connectivity index (χ1n) is 3.00. The fourth-order valence-corrected chi connectivity index (χ4v) is 0.722. The van der Waals surface area contributed by atoms with Crippen LogP contribution in [-0.4, -0.2) is 0 Å². The zero-order valence-electron chi connectivity index (χ0n) is 5.76. The highest BCUT2D eigenvalue weighted by molar-refractivity contribution is 5.41. The molecule has 1 aromatic rings. The number of rotatable bonds is 0. The molecule has 0 atom stereocenters. The van der Waals surface area contributed by atoms with Crippen LogP contribution in [0.15, 0.2) is 18.2 Å². The Hall–Kier alpha value is -1.73. The van der Waals surface area contributed by atoms with Gasteiger partial charge in [0.15, 0.2) is 0 Å². The summed E-state index contributed by atoms with van der Waals surface area (Å²) < 4.78 is 12.8. The van der Waals surface area contributed by atoms with E-state index >= 15 is 0 Å². The lowest BCUT2D eigenvalue weighted by atomic mass is 10.1. The van der Waals surface area contributed by atoms with E-state index in [0.717, 1.165) is 0 Å². The maximum absolute atomic E-state index is 12.8. The van der Waals surface area contributed by atoms with Gasteiger partial charge in [0.05, 0.1) is 5.56 Å². The van der Waals surface area contributed by atoms with Crippen molar-refractivity contribution in [2.75, 3.05) is 0 Å². The number of terminal acetylenes is 2. The lowest BCUT2D eigenvalue weighted by Gasteiger charge is -1.93. The maximum Gasteiger partial charge on any atom is 0.140 e. The third-order valence-corrected chi connectivity index (χ3v) is 1.29. The van der Waals surface area contributed by atoms with Crippen LogP contribution in [0.3, 0.4) is 0 Å². The van der Waals surface area contributed by atoms with E-state index in [-0.39, 0.29) is 5.56 Å². The number of hydrogen-bond donors (Lipinski definition) is 0. The second-order valence-electron chi connectivity index (χ2n) is 1.98. The van der Waals surface area contributed by atoms with Gasteiger partial charge in [-0.15, -0.1) is 12.8 Å². The highest BCUT2D eigenvalue weighted by atomic mass is 19.1. The van der Waals surface area contributed by atoms with Crippen LogP contribution in [0.4, 0.5) is 4.39 Å². The summed E-state index contributed by atoms with van der Waals surface area (Å²) in [6, 6.07) is 4.35. The maximum atomic E-state index is 12.8. The van der Waals surface area contributed by atoms with Crippen molar-refractivity contribution in [1.82, 2.24) is 0 Å². The normalized spacial score (nSPS) is 8.27. The van der Waals surface area contributed by atoms with Crippen molar-refractivity contribution in [3.63, 3.8) is 0 Å². The van der Waals surface area contributed by atoms with Crippen LogP contribution in [0.1, 0.15) is 11.1 Å². The van der Waals surface area contributed by atoms with Gasteiger partial charge in [0.25, 0.3) is 0 Å². The molecule has 0 nitrogen and oxygen atoms in total. The molecule has 0 heterocycles. The molecule has 1 heteroatoms. The minimum atomic E-state index is -0.442. The molecule has 0 aliphatic rings. The van der Waals surface area contributed by atoms with Gasteiger partial charge in [-0.05, 0) is 18.2 Å². The van der Waals surface area contributed by atoms with Crippen molar-refractivity contribution in [2.45, 2.75) is 0 Å². The van der Waals surface area contributed by atoms with Crippen LogP contribution in [0, 0.1) is 30.5 Å². The molecule has 0 aliphatic carbocycles. The molecule has 0 unspecified atom stereocenters. The molecule has 0 bridgehead atoms. The molecule has 11 heavy (non-hydrogen) atoms. The first-order valence-corrected chi connectivity index (χ1v) is 3.00. The van der Waals surface area contributed by atoms with Crippen LogP contribution in [0.5, 0.6) is 0 Å². The van der Waals surface area contributed by atoms with E-state index in [4.69, 9.17) is 12.8 Å². The number of hydrogen-bond acceptors (Lipinski definition) is 0. The molecule has 0 radical (unpaired) electrons. The Kier molecular flexibility index (Phi) is 1.95. The van der Waals surface area contributed by atoms with Gasteiger partial charge in [-0.1, -0.05) is 11.8 Å². The summed E-state index contributed by atoms with van der Waals surface area (Å²) in [7, 11) is 0. The van der Waals surface area contributed by atoms with Gasteiger partial charge >= 0.3 is 0 Å². The quantitative estimate of drug-likeness (QED) is 0.487. The van der Waals surface area contributed by atoms with Crippen molar-refractivity contribution in [3.05, 3.63) is 35.1 Å². The zero-order valence-corrected chi connectivity index (χ0v) is 5.76. The molecule has 0 saturated heterocycles. The van der Waals surface area contributed by atoms with Crippen LogP contribution in [0.25, 0.3) is 0 Å². The molecule has 1 aromatic carbocycles. The van der Waals surface area contributed by atoms with E-state index in [1.807, 2.05) is 0 Å². The van der Waals surface area contributed by atoms with Gasteiger partial charge in [0.2, 0.25) is 0 Å². The van der Waals surface area contributed by atoms with E-state index in [0.29, 0.717) is 5.56 Å². The zero-order chi connectivity index (χ0) is 8.27. The summed E-state index contributed by atoms with van der Waals surface area (Å²) in [5.74, 6) is 4.07. The molecule has 1 rings (SSSR count).